The largest absolute Gasteiger partial charge is 0.329 e. The van der Waals surface area contributed by atoms with Gasteiger partial charge in [-0.25, -0.2) is 4.39 Å². The molecule has 3 amide bonds. The van der Waals surface area contributed by atoms with Gasteiger partial charge in [-0.05, 0) is 110 Å². The lowest BCUT2D eigenvalue weighted by Gasteiger charge is -2.47. The number of allylic oxidation sites excluding steroid dienone is 1. The van der Waals surface area contributed by atoms with Crippen molar-refractivity contribution in [2.75, 3.05) is 5.32 Å². The van der Waals surface area contributed by atoms with Gasteiger partial charge in [-0.3, -0.25) is 29.3 Å². The number of nitrogens with one attached hydrogen (secondary N) is 3. The highest BCUT2D eigenvalue weighted by Crippen LogP contribution is 2.63. The van der Waals surface area contributed by atoms with Crippen molar-refractivity contribution in [2.24, 2.45) is 11.8 Å². The molecule has 2 saturated carbocycles. The molecule has 6 aliphatic rings. The van der Waals surface area contributed by atoms with Crippen LogP contribution >= 0.6 is 23.2 Å². The lowest BCUT2D eigenvalue weighted by Crippen LogP contribution is -2.60. The van der Waals surface area contributed by atoms with E-state index in [1.165, 1.54) is 6.07 Å². The number of Topliss-reactive ketones (excluding diaryl/α,β-unsaturated/α-hetero) is 2. The minimum absolute atomic E-state index is 0.0311. The Morgan fingerprint density at radius 1 is 0.903 bits per heavy atom. The van der Waals surface area contributed by atoms with E-state index >= 15 is 4.39 Å². The van der Waals surface area contributed by atoms with E-state index in [2.05, 4.69) is 34.4 Å². The maximum absolute atomic E-state index is 16.3. The van der Waals surface area contributed by atoms with Crippen LogP contribution in [-0.2, 0) is 31.1 Å². The molecular weight excluding hydrogens is 826 g/mol. The van der Waals surface area contributed by atoms with Crippen LogP contribution in [0.15, 0.2) is 66.9 Å². The van der Waals surface area contributed by atoms with Crippen LogP contribution in [0.1, 0.15) is 135 Å². The molecule has 62 heavy (non-hydrogen) atoms. The second-order valence-electron chi connectivity index (χ2n) is 18.4. The minimum atomic E-state index is -1.26. The third-order valence-corrected chi connectivity index (χ3v) is 15.3. The van der Waals surface area contributed by atoms with Crippen LogP contribution in [0.2, 0.25) is 10.0 Å². The summed E-state index contributed by atoms with van der Waals surface area (Å²) in [5.41, 5.74) is 2.35. The Labute approximate surface area is 371 Å². The molecule has 9 rings (SSSR count). The Hall–Kier alpha value is -4.82. The van der Waals surface area contributed by atoms with Crippen LogP contribution in [0.25, 0.3) is 0 Å². The molecule has 2 aliphatic carbocycles. The Kier molecular flexibility index (Phi) is 11.7. The van der Waals surface area contributed by atoms with Gasteiger partial charge in [0, 0.05) is 71.2 Å². The SMILES string of the molecule is C=C1CCC(N2Cc3c(C#CCCC(=O)CC4CCC(CC(=O)[C@@H]5NC6(CCCCC6)[C@@]6(C(=O)Nc7cc(Cl)ccc76)[C@H]5c5cccc(Cl)c5F)CC4)cccc3C2=O)C(=O)N1. The first-order chi connectivity index (χ1) is 29.9. The van der Waals surface area contributed by atoms with E-state index in [1.807, 2.05) is 12.1 Å². The number of piperidine rings is 1. The van der Waals surface area contributed by atoms with Crippen LogP contribution in [-0.4, -0.2) is 51.8 Å². The van der Waals surface area contributed by atoms with Gasteiger partial charge in [0.1, 0.15) is 23.1 Å². The van der Waals surface area contributed by atoms with Crippen molar-refractivity contribution in [3.8, 4) is 11.8 Å². The number of rotatable bonds is 9. The van der Waals surface area contributed by atoms with Crippen molar-refractivity contribution in [1.29, 1.82) is 0 Å². The smallest absolute Gasteiger partial charge is 0.255 e. The number of anilines is 1. The van der Waals surface area contributed by atoms with Crippen molar-refractivity contribution < 1.29 is 28.4 Å². The first kappa shape index (κ1) is 42.5. The van der Waals surface area contributed by atoms with Crippen molar-refractivity contribution >= 4 is 58.2 Å². The number of carbonyl (C=O) groups is 5. The topological polar surface area (TPSA) is 125 Å². The van der Waals surface area contributed by atoms with E-state index in [0.29, 0.717) is 79.9 Å². The summed E-state index contributed by atoms with van der Waals surface area (Å²) in [6.45, 7) is 4.16. The molecule has 0 bridgehead atoms. The molecule has 0 radical (unpaired) electrons. The molecule has 12 heteroatoms. The fourth-order valence-electron chi connectivity index (χ4n) is 11.9. The number of hydrogen-bond donors (Lipinski definition) is 3. The average molecular weight is 878 g/mol. The Balaban J connectivity index is 0.839. The molecule has 3 aromatic carbocycles. The summed E-state index contributed by atoms with van der Waals surface area (Å²) in [6.07, 6.45) is 10.0. The van der Waals surface area contributed by atoms with Crippen LogP contribution in [0.5, 0.6) is 0 Å². The van der Waals surface area contributed by atoms with Crippen LogP contribution in [0.3, 0.4) is 0 Å². The predicted molar refractivity (Wildman–Crippen MR) is 236 cm³/mol. The Bertz CT molecular complexity index is 2450. The summed E-state index contributed by atoms with van der Waals surface area (Å²) in [7, 11) is 0. The normalized spacial score (nSPS) is 27.4. The standard InChI is InChI=1S/C50H51Cl2FN4O5/c1-29-15-22-41(46(60)54-29)57-28-37-32(10-7-12-35(37)47(57)61)9-3-4-11-34(58)25-30-16-18-31(19-17-30)26-42(59)45-43(36-13-8-14-39(52)44(36)53)50(49(56-45)23-5-2-6-24-49)38-21-20-33(51)27-40(38)55-48(50)62/h7-8,10,12-14,20-21,27,30-31,41,43,45,56H,1-2,4-6,11,15-19,22-26,28H2,(H,54,60)(H,55,62)/t30?,31?,41?,43-,45-,50+/m0/s1. The van der Waals surface area contributed by atoms with E-state index < -0.39 is 34.8 Å². The molecule has 3 aromatic rings. The van der Waals surface area contributed by atoms with Crippen molar-refractivity contribution in [1.82, 2.24) is 15.5 Å². The van der Waals surface area contributed by atoms with Crippen molar-refractivity contribution in [3.05, 3.63) is 111 Å². The Morgan fingerprint density at radius 2 is 1.65 bits per heavy atom. The van der Waals surface area contributed by atoms with Gasteiger partial charge in [0.25, 0.3) is 5.91 Å². The van der Waals surface area contributed by atoms with E-state index in [1.54, 1.807) is 41.3 Å². The summed E-state index contributed by atoms with van der Waals surface area (Å²) in [6, 6.07) is 14.3. The fourth-order valence-corrected chi connectivity index (χ4v) is 12.2. The summed E-state index contributed by atoms with van der Waals surface area (Å²) >= 11 is 12.8. The van der Waals surface area contributed by atoms with Crippen LogP contribution < -0.4 is 16.0 Å². The molecule has 0 aromatic heterocycles. The second kappa shape index (κ2) is 17.0. The molecule has 3 N–H and O–H groups in total. The van der Waals surface area contributed by atoms with Crippen molar-refractivity contribution in [3.63, 3.8) is 0 Å². The number of hydrogen-bond acceptors (Lipinski definition) is 6. The number of amides is 3. The molecule has 322 valence electrons. The lowest BCUT2D eigenvalue weighted by molar-refractivity contribution is -0.126. The molecule has 2 spiro atoms. The summed E-state index contributed by atoms with van der Waals surface area (Å²) < 4.78 is 16.3. The lowest BCUT2D eigenvalue weighted by atomic mass is 9.55. The zero-order valence-electron chi connectivity index (χ0n) is 34.7. The number of fused-ring (bicyclic) bond motifs is 4. The highest BCUT2D eigenvalue weighted by molar-refractivity contribution is 6.31. The second-order valence-corrected chi connectivity index (χ2v) is 19.2. The monoisotopic (exact) mass is 876 g/mol. The zero-order valence-corrected chi connectivity index (χ0v) is 36.2. The first-order valence-electron chi connectivity index (χ1n) is 22.2. The summed E-state index contributed by atoms with van der Waals surface area (Å²) in [5, 5.41) is 10.1. The van der Waals surface area contributed by atoms with E-state index in [9.17, 15) is 24.0 Å². The molecular formula is C50H51Cl2FN4O5. The molecule has 2 saturated heterocycles. The van der Waals surface area contributed by atoms with Gasteiger partial charge >= 0.3 is 0 Å². The number of benzene rings is 3. The maximum atomic E-state index is 16.3. The van der Waals surface area contributed by atoms with Crippen molar-refractivity contribution in [2.45, 2.75) is 132 Å². The zero-order chi connectivity index (χ0) is 43.3. The molecule has 4 fully saturated rings. The molecule has 9 nitrogen and oxygen atoms in total. The maximum Gasteiger partial charge on any atom is 0.255 e. The Morgan fingerprint density at radius 3 is 2.40 bits per heavy atom. The molecule has 4 atom stereocenters. The van der Waals surface area contributed by atoms with Gasteiger partial charge < -0.3 is 15.5 Å². The predicted octanol–water partition coefficient (Wildman–Crippen LogP) is 9.09. The average Bonchev–Trinajstić information content (AvgIpc) is 3.85. The third kappa shape index (κ3) is 7.38. The number of ketones is 2. The number of halogens is 3. The van der Waals surface area contributed by atoms with Gasteiger partial charge in [-0.1, -0.05) is 85.1 Å². The third-order valence-electron chi connectivity index (χ3n) is 14.8. The molecule has 4 heterocycles. The highest BCUT2D eigenvalue weighted by atomic mass is 35.5. The van der Waals surface area contributed by atoms with Gasteiger partial charge in [-0.15, -0.1) is 0 Å². The van der Waals surface area contributed by atoms with E-state index in [0.717, 1.165) is 61.6 Å². The number of nitrogens with zero attached hydrogens (tertiary/aromatic N) is 1. The minimum Gasteiger partial charge on any atom is -0.329 e. The van der Waals surface area contributed by atoms with Crippen LogP contribution in [0, 0.1) is 29.5 Å². The quantitative estimate of drug-likeness (QED) is 0.184. The van der Waals surface area contributed by atoms with Gasteiger partial charge in [-0.2, -0.15) is 0 Å². The molecule has 1 unspecified atom stereocenters. The van der Waals surface area contributed by atoms with Gasteiger partial charge in [0.05, 0.1) is 11.1 Å². The van der Waals surface area contributed by atoms with Crippen LogP contribution in [0.4, 0.5) is 10.1 Å². The summed E-state index contributed by atoms with van der Waals surface area (Å²) in [5.74, 6) is 4.73. The number of carbonyl (C=O) groups excluding carboxylic acids is 5. The molecule has 4 aliphatic heterocycles. The highest BCUT2D eigenvalue weighted by Gasteiger charge is 2.72. The van der Waals surface area contributed by atoms with Gasteiger partial charge in [0.2, 0.25) is 11.8 Å². The summed E-state index contributed by atoms with van der Waals surface area (Å²) in [4.78, 5) is 70.1. The van der Waals surface area contributed by atoms with E-state index in [4.69, 9.17) is 23.2 Å². The van der Waals surface area contributed by atoms with E-state index in [-0.39, 0.29) is 51.7 Å². The van der Waals surface area contributed by atoms with Gasteiger partial charge in [0.15, 0.2) is 5.78 Å². The fraction of sp³-hybridized carbons (Fsp3) is 0.460. The first-order valence-corrected chi connectivity index (χ1v) is 22.9.